The largest absolute Gasteiger partial charge is 0.385 e. The molecule has 0 rings (SSSR count). The van der Waals surface area contributed by atoms with Gasteiger partial charge < -0.3 is 14.4 Å². The number of urea groups is 1. The van der Waals surface area contributed by atoms with Crippen LogP contribution in [0, 0.1) is 0 Å². The number of imide groups is 1. The summed E-state index contributed by atoms with van der Waals surface area (Å²) in [6.07, 6.45) is 0.697. The Kier molecular flexibility index (Phi) is 9.80. The molecule has 0 atom stereocenters. The third-order valence-electron chi connectivity index (χ3n) is 2.00. The number of halogens is 1. The zero-order valence-electron chi connectivity index (χ0n) is 10.2. The maximum atomic E-state index is 11.7. The van der Waals surface area contributed by atoms with Crippen molar-refractivity contribution >= 4 is 23.5 Å². The van der Waals surface area contributed by atoms with Crippen LogP contribution in [-0.4, -0.2) is 63.2 Å². The summed E-state index contributed by atoms with van der Waals surface area (Å²) in [7, 11) is 3.14. The van der Waals surface area contributed by atoms with Gasteiger partial charge in [0.15, 0.2) is 0 Å². The van der Waals surface area contributed by atoms with Crippen LogP contribution in [-0.2, 0) is 14.3 Å². The number of nitrogens with one attached hydrogen (secondary N) is 1. The first-order valence-electron chi connectivity index (χ1n) is 5.28. The lowest BCUT2D eigenvalue weighted by Crippen LogP contribution is -2.45. The van der Waals surface area contributed by atoms with Gasteiger partial charge in [-0.3, -0.25) is 10.1 Å². The van der Waals surface area contributed by atoms with E-state index < -0.39 is 11.9 Å². The van der Waals surface area contributed by atoms with Crippen molar-refractivity contribution in [1.82, 2.24) is 10.2 Å². The number of amides is 3. The first-order chi connectivity index (χ1) is 8.15. The van der Waals surface area contributed by atoms with Crippen LogP contribution in [0.3, 0.4) is 0 Å². The topological polar surface area (TPSA) is 67.9 Å². The minimum atomic E-state index is -0.508. The van der Waals surface area contributed by atoms with E-state index in [-0.39, 0.29) is 5.88 Å². The van der Waals surface area contributed by atoms with Crippen molar-refractivity contribution in [3.8, 4) is 0 Å². The number of hydrogen-bond acceptors (Lipinski definition) is 4. The summed E-state index contributed by atoms with van der Waals surface area (Å²) in [6, 6.07) is -0.455. The zero-order chi connectivity index (χ0) is 13.1. The Bertz CT molecular complexity index is 238. The number of methoxy groups -OCH3 is 2. The highest BCUT2D eigenvalue weighted by Gasteiger charge is 2.14. The van der Waals surface area contributed by atoms with Crippen molar-refractivity contribution < 1.29 is 19.1 Å². The minimum absolute atomic E-state index is 0.234. The van der Waals surface area contributed by atoms with Crippen molar-refractivity contribution in [2.24, 2.45) is 0 Å². The van der Waals surface area contributed by atoms with E-state index in [1.54, 1.807) is 14.2 Å². The molecule has 0 spiro atoms. The quantitative estimate of drug-likeness (QED) is 0.512. The average Bonchev–Trinajstić information content (AvgIpc) is 2.33. The third kappa shape index (κ3) is 7.95. The Hall–Kier alpha value is -0.850. The zero-order valence-corrected chi connectivity index (χ0v) is 11.0. The second kappa shape index (κ2) is 10.3. The molecule has 0 aliphatic carbocycles. The van der Waals surface area contributed by atoms with Crippen LogP contribution in [0.25, 0.3) is 0 Å². The van der Waals surface area contributed by atoms with Gasteiger partial charge in [-0.2, -0.15) is 0 Å². The van der Waals surface area contributed by atoms with Gasteiger partial charge in [0.25, 0.3) is 0 Å². The van der Waals surface area contributed by atoms with Gasteiger partial charge in [-0.15, -0.1) is 11.6 Å². The van der Waals surface area contributed by atoms with Crippen LogP contribution in [0.5, 0.6) is 0 Å². The highest BCUT2D eigenvalue weighted by molar-refractivity contribution is 6.28. The maximum Gasteiger partial charge on any atom is 0.324 e. The summed E-state index contributed by atoms with van der Waals surface area (Å²) in [5, 5.41) is 2.19. The Morgan fingerprint density at radius 3 is 2.35 bits per heavy atom. The van der Waals surface area contributed by atoms with Crippen molar-refractivity contribution in [3.05, 3.63) is 0 Å². The Morgan fingerprint density at radius 1 is 1.18 bits per heavy atom. The lowest BCUT2D eigenvalue weighted by molar-refractivity contribution is -0.117. The van der Waals surface area contributed by atoms with Gasteiger partial charge in [0, 0.05) is 33.9 Å². The van der Waals surface area contributed by atoms with Gasteiger partial charge in [0.05, 0.1) is 6.61 Å². The van der Waals surface area contributed by atoms with Gasteiger partial charge >= 0.3 is 6.03 Å². The molecule has 0 aliphatic heterocycles. The molecule has 0 fully saturated rings. The van der Waals surface area contributed by atoms with Crippen LogP contribution in [0.1, 0.15) is 6.42 Å². The first-order valence-corrected chi connectivity index (χ1v) is 5.81. The lowest BCUT2D eigenvalue weighted by Gasteiger charge is -2.21. The second-order valence-corrected chi connectivity index (χ2v) is 3.58. The molecule has 7 heteroatoms. The third-order valence-corrected chi connectivity index (χ3v) is 2.24. The van der Waals surface area contributed by atoms with Gasteiger partial charge in [0.2, 0.25) is 5.91 Å². The molecule has 0 radical (unpaired) electrons. The summed E-state index contributed by atoms with van der Waals surface area (Å²) < 4.78 is 9.80. The Morgan fingerprint density at radius 2 is 1.82 bits per heavy atom. The summed E-state index contributed by atoms with van der Waals surface area (Å²) in [5.41, 5.74) is 0. The predicted octanol–water partition coefficient (Wildman–Crippen LogP) is 0.446. The van der Waals surface area contributed by atoms with Crippen LogP contribution in [0.4, 0.5) is 4.79 Å². The molecule has 6 nitrogen and oxygen atoms in total. The van der Waals surface area contributed by atoms with Crippen LogP contribution in [0.2, 0.25) is 0 Å². The van der Waals surface area contributed by atoms with Gasteiger partial charge in [0.1, 0.15) is 5.88 Å². The highest BCUT2D eigenvalue weighted by atomic mass is 35.5. The molecule has 0 aromatic heterocycles. The molecule has 0 aliphatic rings. The average molecular weight is 267 g/mol. The molecule has 0 unspecified atom stereocenters. The number of carbonyl (C=O) groups is 2. The summed E-state index contributed by atoms with van der Waals surface area (Å²) >= 11 is 5.30. The SMILES string of the molecule is COCCCN(CCOC)C(=O)NC(=O)CCl. The van der Waals surface area contributed by atoms with E-state index in [0.29, 0.717) is 32.7 Å². The van der Waals surface area contributed by atoms with Crippen LogP contribution < -0.4 is 5.32 Å². The standard InChI is InChI=1S/C10H19ClN2O4/c1-16-6-3-4-13(5-7-17-2)10(15)12-9(14)8-11/h3-8H2,1-2H3,(H,12,14,15). The molecule has 0 bridgehead atoms. The summed E-state index contributed by atoms with van der Waals surface area (Å²) in [5.74, 6) is -0.743. The van der Waals surface area contributed by atoms with E-state index in [1.165, 1.54) is 4.90 Å². The number of carbonyl (C=O) groups excluding carboxylic acids is 2. The Balaban J connectivity index is 4.13. The van der Waals surface area contributed by atoms with E-state index in [4.69, 9.17) is 21.1 Å². The van der Waals surface area contributed by atoms with E-state index in [9.17, 15) is 9.59 Å². The van der Waals surface area contributed by atoms with Gasteiger partial charge in [-0.25, -0.2) is 4.79 Å². The molecule has 0 heterocycles. The minimum Gasteiger partial charge on any atom is -0.385 e. The van der Waals surface area contributed by atoms with E-state index in [1.807, 2.05) is 0 Å². The fourth-order valence-corrected chi connectivity index (χ4v) is 1.21. The van der Waals surface area contributed by atoms with Crippen LogP contribution >= 0.6 is 11.6 Å². The molecule has 0 aromatic rings. The number of alkyl halides is 1. The second-order valence-electron chi connectivity index (χ2n) is 3.31. The number of ether oxygens (including phenoxy) is 2. The van der Waals surface area contributed by atoms with Crippen molar-refractivity contribution in [3.63, 3.8) is 0 Å². The fourth-order valence-electron chi connectivity index (χ4n) is 1.15. The highest BCUT2D eigenvalue weighted by Crippen LogP contribution is 1.94. The lowest BCUT2D eigenvalue weighted by atomic mass is 10.4. The first kappa shape index (κ1) is 16.1. The van der Waals surface area contributed by atoms with E-state index in [0.717, 1.165) is 0 Å². The molecular formula is C10H19ClN2O4. The molecule has 3 amide bonds. The molecule has 0 aromatic carbocycles. The van der Waals surface area contributed by atoms with Crippen molar-refractivity contribution in [1.29, 1.82) is 0 Å². The normalized spacial score (nSPS) is 10.1. The smallest absolute Gasteiger partial charge is 0.324 e. The molecular weight excluding hydrogens is 248 g/mol. The van der Waals surface area contributed by atoms with Crippen molar-refractivity contribution in [2.45, 2.75) is 6.42 Å². The Labute approximate surface area is 106 Å². The van der Waals surface area contributed by atoms with Gasteiger partial charge in [-0.05, 0) is 6.42 Å². The predicted molar refractivity (Wildman–Crippen MR) is 64.2 cm³/mol. The van der Waals surface area contributed by atoms with Crippen LogP contribution in [0.15, 0.2) is 0 Å². The van der Waals surface area contributed by atoms with E-state index in [2.05, 4.69) is 5.32 Å². The fraction of sp³-hybridized carbons (Fsp3) is 0.800. The monoisotopic (exact) mass is 266 g/mol. The number of rotatable bonds is 8. The molecule has 100 valence electrons. The molecule has 1 N–H and O–H groups in total. The number of hydrogen-bond donors (Lipinski definition) is 1. The molecule has 0 saturated carbocycles. The number of nitrogens with zero attached hydrogens (tertiary/aromatic N) is 1. The van der Waals surface area contributed by atoms with Crippen molar-refractivity contribution in [2.75, 3.05) is 46.4 Å². The molecule has 0 saturated heterocycles. The summed E-state index contributed by atoms with van der Waals surface area (Å²) in [4.78, 5) is 24.1. The molecule has 17 heavy (non-hydrogen) atoms. The van der Waals surface area contributed by atoms with Gasteiger partial charge in [-0.1, -0.05) is 0 Å². The summed E-state index contributed by atoms with van der Waals surface area (Å²) in [6.45, 7) is 1.88. The maximum absolute atomic E-state index is 11.7. The van der Waals surface area contributed by atoms with E-state index >= 15 is 0 Å².